The van der Waals surface area contributed by atoms with Crippen molar-refractivity contribution in [1.29, 1.82) is 0 Å². The van der Waals surface area contributed by atoms with Crippen molar-refractivity contribution in [1.82, 2.24) is 14.5 Å². The van der Waals surface area contributed by atoms with Crippen molar-refractivity contribution >= 4 is 41.6 Å². The van der Waals surface area contributed by atoms with Gasteiger partial charge in [0.2, 0.25) is 5.95 Å². The summed E-state index contributed by atoms with van der Waals surface area (Å²) in [5.74, 6) is 1.25. The molecule has 0 spiro atoms. The van der Waals surface area contributed by atoms with Gasteiger partial charge in [-0.05, 0) is 24.0 Å². The SMILES string of the molecule is Cc1oncc1C(=O)Nc1nsc(SCc2ccccc2)n1.O=CO. The maximum absolute atomic E-state index is 12.0. The van der Waals surface area contributed by atoms with Gasteiger partial charge in [0.15, 0.2) is 4.34 Å². The van der Waals surface area contributed by atoms with E-state index in [0.717, 1.165) is 10.1 Å². The van der Waals surface area contributed by atoms with Gasteiger partial charge in [-0.25, -0.2) is 0 Å². The lowest BCUT2D eigenvalue weighted by atomic mass is 10.2. The number of anilines is 1. The summed E-state index contributed by atoms with van der Waals surface area (Å²) in [7, 11) is 0. The van der Waals surface area contributed by atoms with Crippen LogP contribution in [0.3, 0.4) is 0 Å². The normalized spacial score (nSPS) is 9.80. The van der Waals surface area contributed by atoms with E-state index in [-0.39, 0.29) is 12.4 Å². The second-order valence-corrected chi connectivity index (χ2v) is 6.49. The van der Waals surface area contributed by atoms with Gasteiger partial charge in [0.05, 0.1) is 6.20 Å². The third kappa shape index (κ3) is 5.69. The van der Waals surface area contributed by atoms with Gasteiger partial charge in [0, 0.05) is 5.75 Å². The quantitative estimate of drug-likeness (QED) is 0.514. The highest BCUT2D eigenvalue weighted by Gasteiger charge is 2.15. The van der Waals surface area contributed by atoms with Gasteiger partial charge in [0.25, 0.3) is 12.4 Å². The van der Waals surface area contributed by atoms with E-state index in [1.54, 1.807) is 18.7 Å². The lowest BCUT2D eigenvalue weighted by Crippen LogP contribution is -2.13. The Kier molecular flexibility index (Phi) is 7.11. The molecule has 8 nitrogen and oxygen atoms in total. The van der Waals surface area contributed by atoms with Crippen LogP contribution in [0.1, 0.15) is 21.7 Å². The molecule has 3 aromatic rings. The van der Waals surface area contributed by atoms with Gasteiger partial charge in [-0.3, -0.25) is 14.9 Å². The average Bonchev–Trinajstić information content (AvgIpc) is 3.23. The molecule has 10 heteroatoms. The molecule has 0 unspecified atom stereocenters. The van der Waals surface area contributed by atoms with Crippen molar-refractivity contribution in [2.75, 3.05) is 5.32 Å². The molecule has 130 valence electrons. The van der Waals surface area contributed by atoms with Crippen molar-refractivity contribution in [3.8, 4) is 0 Å². The van der Waals surface area contributed by atoms with E-state index >= 15 is 0 Å². The van der Waals surface area contributed by atoms with Gasteiger partial charge >= 0.3 is 0 Å². The van der Waals surface area contributed by atoms with Crippen LogP contribution in [0.2, 0.25) is 0 Å². The predicted molar refractivity (Wildman–Crippen MR) is 93.8 cm³/mol. The molecule has 0 aliphatic heterocycles. The fourth-order valence-corrected chi connectivity index (χ4v) is 3.24. The van der Waals surface area contributed by atoms with Crippen molar-refractivity contribution in [3.05, 3.63) is 53.4 Å². The summed E-state index contributed by atoms with van der Waals surface area (Å²) in [5.41, 5.74) is 1.60. The number of carboxylic acid groups (broad SMARTS) is 1. The van der Waals surface area contributed by atoms with Crippen LogP contribution in [0, 0.1) is 6.92 Å². The molecule has 25 heavy (non-hydrogen) atoms. The first-order valence-corrected chi connectivity index (χ1v) is 8.71. The largest absolute Gasteiger partial charge is 0.483 e. The van der Waals surface area contributed by atoms with E-state index in [9.17, 15) is 4.79 Å². The number of aromatic nitrogens is 3. The second-order valence-electron chi connectivity index (χ2n) is 4.51. The zero-order valence-electron chi connectivity index (χ0n) is 13.1. The lowest BCUT2D eigenvalue weighted by Gasteiger charge is -1.98. The Morgan fingerprint density at radius 2 is 2.12 bits per heavy atom. The molecule has 0 atom stereocenters. The molecule has 3 rings (SSSR count). The zero-order valence-corrected chi connectivity index (χ0v) is 14.7. The number of aryl methyl sites for hydroxylation is 1. The van der Waals surface area contributed by atoms with E-state index in [0.29, 0.717) is 17.3 Å². The summed E-state index contributed by atoms with van der Waals surface area (Å²) in [6, 6.07) is 10.1. The molecule has 1 aromatic carbocycles. The summed E-state index contributed by atoms with van der Waals surface area (Å²) < 4.78 is 9.80. The van der Waals surface area contributed by atoms with Crippen LogP contribution in [0.4, 0.5) is 5.95 Å². The molecule has 0 fully saturated rings. The molecule has 0 aliphatic rings. The molecule has 0 bridgehead atoms. The smallest absolute Gasteiger partial charge is 0.290 e. The number of nitrogens with one attached hydrogen (secondary N) is 1. The highest BCUT2D eigenvalue weighted by molar-refractivity contribution is 8.00. The molecule has 0 saturated carbocycles. The number of thioether (sulfide) groups is 1. The minimum Gasteiger partial charge on any atom is -0.483 e. The Bertz CT molecular complexity index is 820. The number of nitrogens with zero attached hydrogens (tertiary/aromatic N) is 3. The number of carbonyl (C=O) groups is 2. The molecule has 2 aromatic heterocycles. The van der Waals surface area contributed by atoms with Gasteiger partial charge in [0.1, 0.15) is 11.3 Å². The second kappa shape index (κ2) is 9.55. The Morgan fingerprint density at radius 1 is 1.40 bits per heavy atom. The predicted octanol–water partition coefficient (Wildman–Crippen LogP) is 3.08. The standard InChI is InChI=1S/C14H12N4O2S2.CH2O2/c1-9-11(7-15-20-9)12(19)16-13-17-14(22-18-13)21-8-10-5-3-2-4-6-10;2-1-3/h2-7H,8H2,1H3,(H,16,18,19);1H,(H,2,3). The minimum absolute atomic E-state index is 0.250. The third-order valence-corrected chi connectivity index (χ3v) is 4.74. The number of amides is 1. The van der Waals surface area contributed by atoms with Gasteiger partial charge < -0.3 is 9.63 Å². The van der Waals surface area contributed by atoms with Crippen LogP contribution < -0.4 is 5.32 Å². The maximum atomic E-state index is 12.0. The van der Waals surface area contributed by atoms with Crippen molar-refractivity contribution in [2.24, 2.45) is 0 Å². The van der Waals surface area contributed by atoms with E-state index in [1.807, 2.05) is 18.2 Å². The first-order chi connectivity index (χ1) is 12.1. The highest BCUT2D eigenvalue weighted by Crippen LogP contribution is 2.25. The van der Waals surface area contributed by atoms with E-state index < -0.39 is 0 Å². The molecule has 2 heterocycles. The van der Waals surface area contributed by atoms with Gasteiger partial charge in [-0.15, -0.1) is 0 Å². The lowest BCUT2D eigenvalue weighted by molar-refractivity contribution is -0.122. The Hall–Kier alpha value is -2.72. The molecule has 0 aliphatic carbocycles. The molecular weight excluding hydrogens is 364 g/mol. The maximum Gasteiger partial charge on any atom is 0.290 e. The Balaban J connectivity index is 0.000000701. The topological polar surface area (TPSA) is 118 Å². The summed E-state index contributed by atoms with van der Waals surface area (Å²) in [6.45, 7) is 1.43. The monoisotopic (exact) mass is 378 g/mol. The number of benzene rings is 1. The van der Waals surface area contributed by atoms with Crippen molar-refractivity contribution < 1.29 is 19.2 Å². The first kappa shape index (κ1) is 18.6. The van der Waals surface area contributed by atoms with Gasteiger partial charge in [-0.1, -0.05) is 47.3 Å². The molecule has 1 amide bonds. The van der Waals surface area contributed by atoms with E-state index in [1.165, 1.54) is 23.3 Å². The van der Waals surface area contributed by atoms with Crippen molar-refractivity contribution in [2.45, 2.75) is 17.0 Å². The molecule has 0 saturated heterocycles. The summed E-state index contributed by atoms with van der Waals surface area (Å²) in [6.07, 6.45) is 1.38. The first-order valence-electron chi connectivity index (χ1n) is 6.95. The molecular formula is C15H14N4O4S2. The van der Waals surface area contributed by atoms with Crippen LogP contribution in [-0.4, -0.2) is 32.0 Å². The van der Waals surface area contributed by atoms with Crippen LogP contribution >= 0.6 is 23.3 Å². The van der Waals surface area contributed by atoms with Crippen LogP contribution in [-0.2, 0) is 10.5 Å². The Morgan fingerprint density at radius 3 is 2.76 bits per heavy atom. The number of rotatable bonds is 5. The fourth-order valence-electron chi connectivity index (χ4n) is 1.72. The van der Waals surface area contributed by atoms with Gasteiger partial charge in [-0.2, -0.15) is 9.36 Å². The minimum atomic E-state index is -0.323. The third-order valence-electron chi connectivity index (χ3n) is 2.83. The van der Waals surface area contributed by atoms with Crippen LogP contribution in [0.15, 0.2) is 45.4 Å². The molecule has 0 radical (unpaired) electrons. The van der Waals surface area contributed by atoms with Crippen LogP contribution in [0.5, 0.6) is 0 Å². The Labute approximate surface area is 151 Å². The zero-order chi connectivity index (χ0) is 18.1. The number of hydrogen-bond donors (Lipinski definition) is 2. The van der Waals surface area contributed by atoms with Crippen molar-refractivity contribution in [3.63, 3.8) is 0 Å². The summed E-state index contributed by atoms with van der Waals surface area (Å²) >= 11 is 2.85. The number of hydrogen-bond acceptors (Lipinski definition) is 8. The van der Waals surface area contributed by atoms with E-state index in [4.69, 9.17) is 14.4 Å². The summed E-state index contributed by atoms with van der Waals surface area (Å²) in [4.78, 5) is 24.6. The highest BCUT2D eigenvalue weighted by atomic mass is 32.2. The summed E-state index contributed by atoms with van der Waals surface area (Å²) in [5, 5.41) is 13.1. The van der Waals surface area contributed by atoms with E-state index in [2.05, 4.69) is 32.0 Å². The molecule has 2 N–H and O–H groups in total. The average molecular weight is 378 g/mol. The van der Waals surface area contributed by atoms with Crippen LogP contribution in [0.25, 0.3) is 0 Å². The number of carbonyl (C=O) groups excluding carboxylic acids is 1. The fraction of sp³-hybridized carbons (Fsp3) is 0.133.